The third-order valence-corrected chi connectivity index (χ3v) is 7.36. The van der Waals surface area contributed by atoms with Gasteiger partial charge in [-0.25, -0.2) is 8.42 Å². The van der Waals surface area contributed by atoms with Gasteiger partial charge in [-0.15, -0.1) is 6.58 Å². The van der Waals surface area contributed by atoms with Crippen LogP contribution in [0.2, 0.25) is 0 Å². The molecule has 2 rings (SSSR count). The first kappa shape index (κ1) is 22.2. The minimum Gasteiger partial charge on any atom is -0.497 e. The van der Waals surface area contributed by atoms with Crippen LogP contribution in [0.5, 0.6) is 5.75 Å². The fourth-order valence-corrected chi connectivity index (χ4v) is 5.27. The molecule has 0 amide bonds. The fourth-order valence-electron chi connectivity index (χ4n) is 3.16. The van der Waals surface area contributed by atoms with Crippen LogP contribution in [0.1, 0.15) is 37.0 Å². The molecule has 2 aromatic rings. The lowest BCUT2D eigenvalue weighted by Gasteiger charge is -2.29. The third-order valence-electron chi connectivity index (χ3n) is 4.88. The van der Waals surface area contributed by atoms with Gasteiger partial charge in [0.1, 0.15) is 5.75 Å². The van der Waals surface area contributed by atoms with E-state index in [0.29, 0.717) is 19.5 Å². The second-order valence-electron chi connectivity index (χ2n) is 7.45. The third kappa shape index (κ3) is 5.69. The zero-order valence-corrected chi connectivity index (χ0v) is 18.1. The highest BCUT2D eigenvalue weighted by atomic mass is 32.2. The molecule has 0 spiro atoms. The van der Waals surface area contributed by atoms with Gasteiger partial charge < -0.3 is 4.74 Å². The predicted molar refractivity (Wildman–Crippen MR) is 116 cm³/mol. The molecule has 152 valence electrons. The van der Waals surface area contributed by atoms with Crippen molar-refractivity contribution in [3.8, 4) is 5.75 Å². The number of sulfonamides is 1. The number of hydrogen-bond acceptors (Lipinski definition) is 3. The number of ether oxygens (including phenoxy) is 1. The smallest absolute Gasteiger partial charge is 0.218 e. The van der Waals surface area contributed by atoms with E-state index >= 15 is 0 Å². The van der Waals surface area contributed by atoms with Gasteiger partial charge in [0.2, 0.25) is 10.0 Å². The molecule has 1 atom stereocenters. The Kier molecular flexibility index (Phi) is 7.84. The lowest BCUT2D eigenvalue weighted by Crippen LogP contribution is -2.40. The average molecular weight is 402 g/mol. The average Bonchev–Trinajstić information content (AvgIpc) is 2.67. The second kappa shape index (κ2) is 9.89. The monoisotopic (exact) mass is 401 g/mol. The fraction of sp³-hybridized carbons (Fsp3) is 0.391. The van der Waals surface area contributed by atoms with Gasteiger partial charge in [0, 0.05) is 13.1 Å². The van der Waals surface area contributed by atoms with Gasteiger partial charge in [0.05, 0.1) is 12.4 Å². The van der Waals surface area contributed by atoms with Gasteiger partial charge in [-0.1, -0.05) is 61.9 Å². The summed E-state index contributed by atoms with van der Waals surface area (Å²) in [7, 11) is -1.90. The molecule has 4 nitrogen and oxygen atoms in total. The van der Waals surface area contributed by atoms with Gasteiger partial charge in [-0.05, 0) is 42.5 Å². The van der Waals surface area contributed by atoms with Crippen LogP contribution in [-0.4, -0.2) is 25.1 Å². The summed E-state index contributed by atoms with van der Waals surface area (Å²) in [6, 6.07) is 15.5. The highest BCUT2D eigenvalue weighted by Gasteiger charge is 2.33. The number of rotatable bonds is 10. The molecule has 0 saturated heterocycles. The number of hydrogen-bond donors (Lipinski definition) is 0. The number of nitrogens with zero attached hydrogens (tertiary/aromatic N) is 1. The predicted octanol–water partition coefficient (Wildman–Crippen LogP) is 4.94. The van der Waals surface area contributed by atoms with Crippen molar-refractivity contribution in [3.63, 3.8) is 0 Å². The number of allylic oxidation sites excluding steroid dienone is 1. The van der Waals surface area contributed by atoms with E-state index in [-0.39, 0.29) is 5.92 Å². The van der Waals surface area contributed by atoms with Gasteiger partial charge in [-0.2, -0.15) is 4.31 Å². The molecule has 28 heavy (non-hydrogen) atoms. The maximum Gasteiger partial charge on any atom is 0.218 e. The summed E-state index contributed by atoms with van der Waals surface area (Å²) in [4.78, 5) is 0. The minimum absolute atomic E-state index is 0.000569. The van der Waals surface area contributed by atoms with E-state index in [1.54, 1.807) is 17.5 Å². The Labute approximate surface area is 169 Å². The quantitative estimate of drug-likeness (QED) is 0.530. The van der Waals surface area contributed by atoms with E-state index in [1.807, 2.05) is 69.3 Å². The van der Waals surface area contributed by atoms with E-state index in [0.717, 1.165) is 22.4 Å². The van der Waals surface area contributed by atoms with Crippen LogP contribution in [0.25, 0.3) is 0 Å². The summed E-state index contributed by atoms with van der Waals surface area (Å²) in [5.74, 6) is 0.753. The number of aryl methyl sites for hydroxylation is 1. The van der Waals surface area contributed by atoms with Crippen LogP contribution in [0, 0.1) is 12.8 Å². The Hall–Kier alpha value is -2.11. The molecule has 0 fully saturated rings. The lowest BCUT2D eigenvalue weighted by atomic mass is 10.1. The van der Waals surface area contributed by atoms with Crippen LogP contribution in [0.4, 0.5) is 0 Å². The molecular weight excluding hydrogens is 370 g/mol. The van der Waals surface area contributed by atoms with E-state index in [1.165, 1.54) is 0 Å². The van der Waals surface area contributed by atoms with Crippen molar-refractivity contribution in [3.05, 3.63) is 77.9 Å². The molecule has 2 aromatic carbocycles. The summed E-state index contributed by atoms with van der Waals surface area (Å²) >= 11 is 0. The van der Waals surface area contributed by atoms with Crippen molar-refractivity contribution in [2.45, 2.75) is 45.5 Å². The normalized spacial score (nSPS) is 12.9. The Morgan fingerprint density at radius 2 is 1.50 bits per heavy atom. The Balaban J connectivity index is 2.37. The van der Waals surface area contributed by atoms with E-state index < -0.39 is 15.3 Å². The van der Waals surface area contributed by atoms with Gasteiger partial charge in [0.25, 0.3) is 0 Å². The van der Waals surface area contributed by atoms with Gasteiger partial charge >= 0.3 is 0 Å². The molecular formula is C23H31NO3S. The van der Waals surface area contributed by atoms with Crippen molar-refractivity contribution in [2.75, 3.05) is 7.11 Å². The molecule has 0 saturated carbocycles. The number of benzene rings is 2. The maximum absolute atomic E-state index is 13.5. The van der Waals surface area contributed by atoms with Crippen molar-refractivity contribution in [1.82, 2.24) is 4.31 Å². The molecule has 0 aliphatic rings. The largest absolute Gasteiger partial charge is 0.497 e. The molecule has 0 aromatic heterocycles. The molecule has 0 unspecified atom stereocenters. The van der Waals surface area contributed by atoms with Crippen LogP contribution in [0.15, 0.2) is 61.2 Å². The van der Waals surface area contributed by atoms with Crippen LogP contribution in [0.3, 0.4) is 0 Å². The van der Waals surface area contributed by atoms with Crippen molar-refractivity contribution >= 4 is 10.0 Å². The lowest BCUT2D eigenvalue weighted by molar-refractivity contribution is 0.382. The molecule has 5 heteroatoms. The summed E-state index contributed by atoms with van der Waals surface area (Å²) in [6.45, 7) is 10.3. The van der Waals surface area contributed by atoms with Crippen LogP contribution < -0.4 is 4.74 Å². The van der Waals surface area contributed by atoms with E-state index in [4.69, 9.17) is 4.74 Å². The standard InChI is InChI=1S/C23H31NO3S/c1-6-7-23(18(2)3)28(25,26)24(16-20-10-8-19(4)9-11-20)17-21-12-14-22(27-5)15-13-21/h6,8-15,18,23H,1,7,16-17H2,2-5H3/t23-/m1/s1. The highest BCUT2D eigenvalue weighted by molar-refractivity contribution is 7.89. The van der Waals surface area contributed by atoms with Gasteiger partial charge in [-0.3, -0.25) is 0 Å². The second-order valence-corrected chi connectivity index (χ2v) is 9.61. The molecule has 0 radical (unpaired) electrons. The SMILES string of the molecule is C=CC[C@H](C(C)C)S(=O)(=O)N(Cc1ccc(C)cc1)Cc1ccc(OC)cc1. The molecule has 0 heterocycles. The summed E-state index contributed by atoms with van der Waals surface area (Å²) < 4.78 is 33.8. The van der Waals surface area contributed by atoms with Crippen LogP contribution >= 0.6 is 0 Å². The zero-order chi connectivity index (χ0) is 20.7. The molecule has 0 aliphatic heterocycles. The summed E-state index contributed by atoms with van der Waals surface area (Å²) in [5.41, 5.74) is 3.06. The number of methoxy groups -OCH3 is 1. The first-order chi connectivity index (χ1) is 13.3. The summed E-state index contributed by atoms with van der Waals surface area (Å²) in [5, 5.41) is -0.492. The van der Waals surface area contributed by atoms with E-state index in [9.17, 15) is 8.42 Å². The Morgan fingerprint density at radius 3 is 1.93 bits per heavy atom. The first-order valence-corrected chi connectivity index (χ1v) is 11.1. The Morgan fingerprint density at radius 1 is 1.00 bits per heavy atom. The first-order valence-electron chi connectivity index (χ1n) is 9.56. The van der Waals surface area contributed by atoms with Gasteiger partial charge in [0.15, 0.2) is 0 Å². The molecule has 0 N–H and O–H groups in total. The van der Waals surface area contributed by atoms with Crippen LogP contribution in [-0.2, 0) is 23.1 Å². The highest BCUT2D eigenvalue weighted by Crippen LogP contribution is 2.25. The van der Waals surface area contributed by atoms with E-state index in [2.05, 4.69) is 6.58 Å². The summed E-state index contributed by atoms with van der Waals surface area (Å²) in [6.07, 6.45) is 2.13. The van der Waals surface area contributed by atoms with Crippen molar-refractivity contribution < 1.29 is 13.2 Å². The topological polar surface area (TPSA) is 46.6 Å². The Bertz CT molecular complexity index is 856. The van der Waals surface area contributed by atoms with Crippen molar-refractivity contribution in [1.29, 1.82) is 0 Å². The molecule has 0 aliphatic carbocycles. The maximum atomic E-state index is 13.5. The minimum atomic E-state index is -3.52. The molecule has 0 bridgehead atoms. The zero-order valence-electron chi connectivity index (χ0n) is 17.3. The van der Waals surface area contributed by atoms with Crippen molar-refractivity contribution in [2.24, 2.45) is 5.92 Å².